The zero-order valence-electron chi connectivity index (χ0n) is 17.2. The molecule has 0 bridgehead atoms. The predicted molar refractivity (Wildman–Crippen MR) is 109 cm³/mol. The van der Waals surface area contributed by atoms with Crippen LogP contribution in [0.5, 0.6) is 0 Å². The van der Waals surface area contributed by atoms with Crippen molar-refractivity contribution in [2.24, 2.45) is 5.92 Å². The van der Waals surface area contributed by atoms with Gasteiger partial charge in [-0.25, -0.2) is 0 Å². The maximum absolute atomic E-state index is 13.1. The van der Waals surface area contributed by atoms with Crippen LogP contribution in [0, 0.1) is 19.8 Å². The number of benzene rings is 1. The van der Waals surface area contributed by atoms with Crippen LogP contribution in [0.3, 0.4) is 0 Å². The van der Waals surface area contributed by atoms with E-state index in [1.54, 1.807) is 0 Å². The first kappa shape index (κ1) is 20.3. The highest BCUT2D eigenvalue weighted by atomic mass is 16.3. The molecule has 0 aromatic heterocycles. The highest BCUT2D eigenvalue weighted by Crippen LogP contribution is 2.28. The Balaban J connectivity index is 1.69. The summed E-state index contributed by atoms with van der Waals surface area (Å²) in [4.78, 5) is 20.1. The summed E-state index contributed by atoms with van der Waals surface area (Å²) in [5.41, 5.74) is 3.20. The van der Waals surface area contributed by atoms with E-state index in [9.17, 15) is 9.90 Å². The fourth-order valence-electron chi connectivity index (χ4n) is 4.53. The molecule has 0 radical (unpaired) electrons. The number of piperazine rings is 1. The molecule has 0 unspecified atom stereocenters. The Labute approximate surface area is 163 Å². The fraction of sp³-hybridized carbons (Fsp3) is 0.682. The summed E-state index contributed by atoms with van der Waals surface area (Å²) in [6, 6.07) is 6.56. The molecule has 2 aliphatic rings. The van der Waals surface area contributed by atoms with Gasteiger partial charge in [0.15, 0.2) is 0 Å². The molecule has 2 fully saturated rings. The van der Waals surface area contributed by atoms with Crippen LogP contribution in [0.4, 0.5) is 0 Å². The third-order valence-electron chi connectivity index (χ3n) is 6.47. The molecule has 2 atom stereocenters. The van der Waals surface area contributed by atoms with E-state index in [0.717, 1.165) is 64.1 Å². The monoisotopic (exact) mass is 373 g/mol. The highest BCUT2D eigenvalue weighted by Gasteiger charge is 2.35. The van der Waals surface area contributed by atoms with Crippen LogP contribution in [-0.4, -0.2) is 84.7 Å². The van der Waals surface area contributed by atoms with Crippen LogP contribution < -0.4 is 0 Å². The average Bonchev–Trinajstić information content (AvgIpc) is 2.68. The number of aliphatic hydroxyl groups is 1. The average molecular weight is 374 g/mol. The number of carbonyl (C=O) groups is 1. The molecule has 1 aromatic rings. The van der Waals surface area contributed by atoms with Crippen molar-refractivity contribution in [1.29, 1.82) is 0 Å². The van der Waals surface area contributed by atoms with Crippen molar-refractivity contribution >= 4 is 5.91 Å². The first-order valence-electron chi connectivity index (χ1n) is 10.4. The van der Waals surface area contributed by atoms with Gasteiger partial charge < -0.3 is 14.9 Å². The van der Waals surface area contributed by atoms with Crippen LogP contribution >= 0.6 is 0 Å². The van der Waals surface area contributed by atoms with Crippen LogP contribution in [0.1, 0.15) is 40.7 Å². The van der Waals surface area contributed by atoms with Crippen molar-refractivity contribution in [3.63, 3.8) is 0 Å². The van der Waals surface area contributed by atoms with Crippen molar-refractivity contribution in [3.8, 4) is 0 Å². The van der Waals surface area contributed by atoms with Gasteiger partial charge in [-0.3, -0.25) is 9.69 Å². The van der Waals surface area contributed by atoms with E-state index in [4.69, 9.17) is 0 Å². The Morgan fingerprint density at radius 1 is 1.11 bits per heavy atom. The summed E-state index contributed by atoms with van der Waals surface area (Å²) in [6.07, 6.45) is 2.85. The Bertz CT molecular complexity index is 640. The molecular weight excluding hydrogens is 338 g/mol. The molecule has 5 nitrogen and oxygen atoms in total. The predicted octanol–water partition coefficient (Wildman–Crippen LogP) is 2.15. The summed E-state index contributed by atoms with van der Waals surface area (Å²) in [5, 5.41) is 9.34. The lowest BCUT2D eigenvalue weighted by Gasteiger charge is -2.46. The van der Waals surface area contributed by atoms with E-state index in [-0.39, 0.29) is 12.5 Å². The number of hydrogen-bond donors (Lipinski definition) is 1. The van der Waals surface area contributed by atoms with Gasteiger partial charge in [-0.2, -0.15) is 0 Å². The Morgan fingerprint density at radius 3 is 2.52 bits per heavy atom. The van der Waals surface area contributed by atoms with E-state index in [1.165, 1.54) is 11.1 Å². The first-order chi connectivity index (χ1) is 13.0. The van der Waals surface area contributed by atoms with Gasteiger partial charge >= 0.3 is 0 Å². The third kappa shape index (κ3) is 4.89. The number of piperidine rings is 1. The molecule has 2 aliphatic heterocycles. The van der Waals surface area contributed by atoms with Crippen LogP contribution in [0.15, 0.2) is 18.2 Å². The van der Waals surface area contributed by atoms with Gasteiger partial charge in [0.2, 0.25) is 0 Å². The number of nitrogens with zero attached hydrogens (tertiary/aromatic N) is 3. The zero-order valence-corrected chi connectivity index (χ0v) is 17.2. The van der Waals surface area contributed by atoms with Gasteiger partial charge in [0.05, 0.1) is 0 Å². The normalized spacial score (nSPS) is 25.0. The van der Waals surface area contributed by atoms with Gasteiger partial charge in [0.25, 0.3) is 5.91 Å². The summed E-state index contributed by atoms with van der Waals surface area (Å²) >= 11 is 0. The number of likely N-dealkylation sites (tertiary alicyclic amines) is 1. The standard InChI is InChI=1S/C22H35N3O2/c1-17-6-7-19(15-18(17)2)22(27)25-9-8-21(20(16-25)5-4-14-26)24-12-10-23(3)11-13-24/h6-7,15,20-21,26H,4-5,8-14,16H2,1-3H3/t20-,21+/m0/s1. The first-order valence-corrected chi connectivity index (χ1v) is 10.4. The quantitative estimate of drug-likeness (QED) is 0.859. The number of carbonyl (C=O) groups excluding carboxylic acids is 1. The zero-order chi connectivity index (χ0) is 19.4. The maximum atomic E-state index is 13.1. The minimum absolute atomic E-state index is 0.156. The van der Waals surface area contributed by atoms with E-state index >= 15 is 0 Å². The second-order valence-corrected chi connectivity index (χ2v) is 8.37. The largest absolute Gasteiger partial charge is 0.396 e. The minimum Gasteiger partial charge on any atom is -0.396 e. The second kappa shape index (κ2) is 9.18. The second-order valence-electron chi connectivity index (χ2n) is 8.37. The van der Waals surface area contributed by atoms with Gasteiger partial charge in [0, 0.05) is 57.5 Å². The van der Waals surface area contributed by atoms with Gasteiger partial charge in [-0.1, -0.05) is 6.07 Å². The number of hydrogen-bond acceptors (Lipinski definition) is 4. The molecule has 2 heterocycles. The Hall–Kier alpha value is -1.43. The molecule has 27 heavy (non-hydrogen) atoms. The molecule has 150 valence electrons. The summed E-state index contributed by atoms with van der Waals surface area (Å²) in [5.74, 6) is 0.605. The van der Waals surface area contributed by atoms with E-state index in [1.807, 2.05) is 23.1 Å². The topological polar surface area (TPSA) is 47.0 Å². The molecule has 0 aliphatic carbocycles. The summed E-state index contributed by atoms with van der Waals surface area (Å²) in [6.45, 7) is 10.5. The van der Waals surface area contributed by atoms with E-state index < -0.39 is 0 Å². The highest BCUT2D eigenvalue weighted by molar-refractivity contribution is 5.94. The third-order valence-corrected chi connectivity index (χ3v) is 6.47. The van der Waals surface area contributed by atoms with Crippen molar-refractivity contribution < 1.29 is 9.90 Å². The molecule has 2 saturated heterocycles. The van der Waals surface area contributed by atoms with Crippen molar-refractivity contribution in [3.05, 3.63) is 34.9 Å². The minimum atomic E-state index is 0.156. The van der Waals surface area contributed by atoms with Crippen LogP contribution in [-0.2, 0) is 0 Å². The van der Waals surface area contributed by atoms with Gasteiger partial charge in [-0.05, 0) is 69.3 Å². The molecule has 1 amide bonds. The summed E-state index contributed by atoms with van der Waals surface area (Å²) in [7, 11) is 2.19. The van der Waals surface area contributed by atoms with Crippen molar-refractivity contribution in [2.75, 3.05) is 52.9 Å². The Morgan fingerprint density at radius 2 is 1.85 bits per heavy atom. The lowest BCUT2D eigenvalue weighted by Crippen LogP contribution is -2.56. The molecule has 5 heteroatoms. The SMILES string of the molecule is Cc1ccc(C(=O)N2CC[C@@H](N3CCN(C)CC3)[C@@H](CCCO)C2)cc1C. The van der Waals surface area contributed by atoms with Crippen LogP contribution in [0.2, 0.25) is 0 Å². The van der Waals surface area contributed by atoms with Crippen LogP contribution in [0.25, 0.3) is 0 Å². The molecule has 3 rings (SSSR count). The Kier molecular flexibility index (Phi) is 6.90. The molecular formula is C22H35N3O2. The number of amides is 1. The molecule has 1 aromatic carbocycles. The lowest BCUT2D eigenvalue weighted by atomic mass is 9.86. The molecule has 0 spiro atoms. The maximum Gasteiger partial charge on any atom is 0.253 e. The van der Waals surface area contributed by atoms with Crippen molar-refractivity contribution in [1.82, 2.24) is 14.7 Å². The summed E-state index contributed by atoms with van der Waals surface area (Å²) < 4.78 is 0. The lowest BCUT2D eigenvalue weighted by molar-refractivity contribution is 0.0218. The van der Waals surface area contributed by atoms with Gasteiger partial charge in [0.1, 0.15) is 0 Å². The number of aryl methyl sites for hydroxylation is 2. The molecule has 1 N–H and O–H groups in total. The van der Waals surface area contributed by atoms with Crippen molar-refractivity contribution in [2.45, 2.75) is 39.2 Å². The fourth-order valence-corrected chi connectivity index (χ4v) is 4.53. The van der Waals surface area contributed by atoms with E-state index in [0.29, 0.717) is 12.0 Å². The number of aliphatic hydroxyl groups excluding tert-OH is 1. The molecule has 0 saturated carbocycles. The number of likely N-dealkylation sites (N-methyl/N-ethyl adjacent to an activating group) is 1. The van der Waals surface area contributed by atoms with E-state index in [2.05, 4.69) is 30.7 Å². The van der Waals surface area contributed by atoms with Gasteiger partial charge in [-0.15, -0.1) is 0 Å². The number of rotatable bonds is 5. The smallest absolute Gasteiger partial charge is 0.253 e.